The lowest BCUT2D eigenvalue weighted by atomic mass is 10.3. The van der Waals surface area contributed by atoms with Crippen molar-refractivity contribution in [1.29, 1.82) is 0 Å². The Hall–Kier alpha value is -1.14. The molecule has 0 amide bonds. The summed E-state index contributed by atoms with van der Waals surface area (Å²) in [7, 11) is 0. The second-order valence-corrected chi connectivity index (χ2v) is 4.10. The number of hydrogen-bond donors (Lipinski definition) is 1. The zero-order chi connectivity index (χ0) is 10.8. The zero-order valence-electron chi connectivity index (χ0n) is 7.86. The van der Waals surface area contributed by atoms with E-state index < -0.39 is 0 Å². The summed E-state index contributed by atoms with van der Waals surface area (Å²) in [5.41, 5.74) is 1.66. The summed E-state index contributed by atoms with van der Waals surface area (Å²) in [4.78, 5) is 15.3. The van der Waals surface area contributed by atoms with Crippen molar-refractivity contribution in [3.8, 4) is 11.5 Å². The Kier molecular flexibility index (Phi) is 2.88. The summed E-state index contributed by atoms with van der Waals surface area (Å²) >= 11 is 8.46. The van der Waals surface area contributed by atoms with Crippen LogP contribution in [0.2, 0.25) is 0 Å². The molecule has 0 saturated carbocycles. The molecule has 0 radical (unpaired) electrons. The van der Waals surface area contributed by atoms with Gasteiger partial charge in [0, 0.05) is 11.9 Å². The lowest BCUT2D eigenvalue weighted by molar-refractivity contribution is 1.05. The number of halogens is 1. The van der Waals surface area contributed by atoms with E-state index in [2.05, 4.69) is 35.9 Å². The van der Waals surface area contributed by atoms with E-state index in [1.165, 1.54) is 6.33 Å². The molecule has 0 bridgehead atoms. The molecule has 0 aliphatic heterocycles. The molecule has 1 N–H and O–H groups in total. The molecule has 2 aromatic heterocycles. The van der Waals surface area contributed by atoms with Gasteiger partial charge in [-0.2, -0.15) is 0 Å². The average molecular weight is 283 g/mol. The largest absolute Gasteiger partial charge is 0.341 e. The van der Waals surface area contributed by atoms with Crippen molar-refractivity contribution in [1.82, 2.24) is 19.9 Å². The molecule has 0 spiro atoms. The van der Waals surface area contributed by atoms with Crippen LogP contribution in [0.25, 0.3) is 11.5 Å². The highest BCUT2D eigenvalue weighted by molar-refractivity contribution is 9.10. The maximum Gasteiger partial charge on any atom is 0.158 e. The predicted octanol–water partition coefficient (Wildman–Crippen LogP) is 2.67. The fourth-order valence-corrected chi connectivity index (χ4v) is 1.56. The normalized spacial score (nSPS) is 10.3. The first kappa shape index (κ1) is 10.4. The first-order valence-electron chi connectivity index (χ1n) is 4.21. The van der Waals surface area contributed by atoms with Crippen LogP contribution in [0.1, 0.15) is 5.69 Å². The van der Waals surface area contributed by atoms with E-state index in [0.717, 1.165) is 15.9 Å². The first-order valence-corrected chi connectivity index (χ1v) is 5.41. The minimum Gasteiger partial charge on any atom is -0.341 e. The lowest BCUT2D eigenvalue weighted by Gasteiger charge is -2.03. The summed E-state index contributed by atoms with van der Waals surface area (Å²) < 4.78 is 1.34. The van der Waals surface area contributed by atoms with Crippen molar-refractivity contribution in [2.75, 3.05) is 0 Å². The monoisotopic (exact) mass is 282 g/mol. The van der Waals surface area contributed by atoms with Crippen LogP contribution in [0.5, 0.6) is 0 Å². The van der Waals surface area contributed by atoms with Crippen LogP contribution in [0.3, 0.4) is 0 Å². The van der Waals surface area contributed by atoms with E-state index in [1.807, 2.05) is 6.92 Å². The van der Waals surface area contributed by atoms with Crippen LogP contribution in [-0.4, -0.2) is 19.9 Å². The molecule has 6 heteroatoms. The van der Waals surface area contributed by atoms with Gasteiger partial charge in [0.05, 0.1) is 4.47 Å². The molecule has 0 unspecified atom stereocenters. The fourth-order valence-electron chi connectivity index (χ4n) is 1.12. The topological polar surface area (TPSA) is 54.5 Å². The van der Waals surface area contributed by atoms with Crippen molar-refractivity contribution in [3.05, 3.63) is 33.4 Å². The molecule has 0 aliphatic rings. The summed E-state index contributed by atoms with van der Waals surface area (Å²) in [5, 5.41) is 0. The van der Waals surface area contributed by atoms with Crippen molar-refractivity contribution in [2.24, 2.45) is 0 Å². The van der Waals surface area contributed by atoms with Crippen molar-refractivity contribution >= 4 is 28.1 Å². The van der Waals surface area contributed by atoms with Crippen molar-refractivity contribution in [3.63, 3.8) is 0 Å². The number of nitrogens with zero attached hydrogens (tertiary/aromatic N) is 3. The Morgan fingerprint density at radius 1 is 1.47 bits per heavy atom. The Balaban J connectivity index is 2.61. The summed E-state index contributed by atoms with van der Waals surface area (Å²) in [6.07, 6.45) is 3.14. The van der Waals surface area contributed by atoms with E-state index in [1.54, 1.807) is 12.3 Å². The Morgan fingerprint density at radius 2 is 2.27 bits per heavy atom. The van der Waals surface area contributed by atoms with Gasteiger partial charge < -0.3 is 4.98 Å². The maximum atomic E-state index is 5.11. The molecule has 0 saturated heterocycles. The van der Waals surface area contributed by atoms with Gasteiger partial charge in [0.25, 0.3) is 0 Å². The van der Waals surface area contributed by atoms with E-state index in [4.69, 9.17) is 12.2 Å². The van der Waals surface area contributed by atoms with Gasteiger partial charge >= 0.3 is 0 Å². The van der Waals surface area contributed by atoms with Crippen molar-refractivity contribution < 1.29 is 0 Å². The Bertz CT molecular complexity index is 538. The Labute approximate surface area is 100.0 Å². The average Bonchev–Trinajstić information content (AvgIpc) is 2.26. The second-order valence-electron chi connectivity index (χ2n) is 2.92. The number of aromatic amines is 1. The van der Waals surface area contributed by atoms with Crippen LogP contribution in [0.4, 0.5) is 0 Å². The standard InChI is InChI=1S/C9H7BrN4S/c1-5-7(10)9(15)14-8(13-5)6-2-3-11-4-12-6/h2-4H,1H3,(H,13,14,15). The number of H-pyrrole nitrogens is 1. The van der Waals surface area contributed by atoms with E-state index >= 15 is 0 Å². The van der Waals surface area contributed by atoms with E-state index in [-0.39, 0.29) is 0 Å². The molecule has 0 aliphatic carbocycles. The zero-order valence-corrected chi connectivity index (χ0v) is 10.3. The number of rotatable bonds is 1. The van der Waals surface area contributed by atoms with E-state index in [0.29, 0.717) is 10.5 Å². The first-order chi connectivity index (χ1) is 7.18. The van der Waals surface area contributed by atoms with Gasteiger partial charge in [-0.3, -0.25) is 0 Å². The van der Waals surface area contributed by atoms with E-state index in [9.17, 15) is 0 Å². The molecule has 76 valence electrons. The molecule has 0 aromatic carbocycles. The molecule has 2 rings (SSSR count). The molecule has 4 nitrogen and oxygen atoms in total. The fraction of sp³-hybridized carbons (Fsp3) is 0.111. The van der Waals surface area contributed by atoms with Crippen LogP contribution in [0, 0.1) is 11.6 Å². The van der Waals surface area contributed by atoms with Gasteiger partial charge in [0.1, 0.15) is 16.7 Å². The third-order valence-corrected chi connectivity index (χ3v) is 3.39. The number of aryl methyl sites for hydroxylation is 1. The van der Waals surface area contributed by atoms with Crippen LogP contribution < -0.4 is 0 Å². The summed E-state index contributed by atoms with van der Waals surface area (Å²) in [6, 6.07) is 1.78. The molecule has 2 aromatic rings. The van der Waals surface area contributed by atoms with Crippen LogP contribution in [0.15, 0.2) is 23.1 Å². The lowest BCUT2D eigenvalue weighted by Crippen LogP contribution is -1.96. The van der Waals surface area contributed by atoms with Gasteiger partial charge in [-0.05, 0) is 28.9 Å². The molecular weight excluding hydrogens is 276 g/mol. The van der Waals surface area contributed by atoms with Gasteiger partial charge in [-0.15, -0.1) is 0 Å². The second kappa shape index (κ2) is 4.16. The molecule has 15 heavy (non-hydrogen) atoms. The molecule has 0 atom stereocenters. The molecular formula is C9H7BrN4S. The maximum absolute atomic E-state index is 5.11. The summed E-state index contributed by atoms with van der Waals surface area (Å²) in [5.74, 6) is 0.656. The van der Waals surface area contributed by atoms with Gasteiger partial charge in [-0.25, -0.2) is 15.0 Å². The van der Waals surface area contributed by atoms with Crippen LogP contribution >= 0.6 is 28.1 Å². The highest BCUT2D eigenvalue weighted by Crippen LogP contribution is 2.18. The third-order valence-electron chi connectivity index (χ3n) is 1.86. The van der Waals surface area contributed by atoms with Gasteiger partial charge in [-0.1, -0.05) is 12.2 Å². The molecule has 0 fully saturated rings. The van der Waals surface area contributed by atoms with Crippen LogP contribution in [-0.2, 0) is 0 Å². The highest BCUT2D eigenvalue weighted by Gasteiger charge is 2.05. The number of hydrogen-bond acceptors (Lipinski definition) is 4. The smallest absolute Gasteiger partial charge is 0.158 e. The van der Waals surface area contributed by atoms with Gasteiger partial charge in [0.2, 0.25) is 0 Å². The molecule has 2 heterocycles. The summed E-state index contributed by atoms with van der Waals surface area (Å²) in [6.45, 7) is 1.92. The van der Waals surface area contributed by atoms with Crippen molar-refractivity contribution in [2.45, 2.75) is 6.92 Å². The number of nitrogens with one attached hydrogen (secondary N) is 1. The quantitative estimate of drug-likeness (QED) is 0.817. The minimum absolute atomic E-state index is 0.528. The Morgan fingerprint density at radius 3 is 2.87 bits per heavy atom. The third kappa shape index (κ3) is 2.10. The minimum atomic E-state index is 0.528. The SMILES string of the molecule is Cc1[nH]c(-c2ccncn2)nc(=S)c1Br. The predicted molar refractivity (Wildman–Crippen MR) is 62.9 cm³/mol. The van der Waals surface area contributed by atoms with Gasteiger partial charge in [0.15, 0.2) is 5.82 Å². The highest BCUT2D eigenvalue weighted by atomic mass is 79.9. The number of aromatic nitrogens is 4.